The van der Waals surface area contributed by atoms with E-state index in [-0.39, 0.29) is 11.9 Å². The van der Waals surface area contributed by atoms with E-state index in [2.05, 4.69) is 15.6 Å². The first-order chi connectivity index (χ1) is 9.63. The molecule has 1 aromatic carbocycles. The van der Waals surface area contributed by atoms with Crippen molar-refractivity contribution in [2.24, 2.45) is 0 Å². The highest BCUT2D eigenvalue weighted by Crippen LogP contribution is 2.33. The smallest absolute Gasteiger partial charge is 0.224 e. The molecule has 0 bridgehead atoms. The molecule has 4 N–H and O–H groups in total. The third-order valence-corrected chi connectivity index (χ3v) is 4.32. The molecule has 2 aromatic rings. The van der Waals surface area contributed by atoms with Crippen molar-refractivity contribution in [1.29, 1.82) is 0 Å². The van der Waals surface area contributed by atoms with E-state index < -0.39 is 0 Å². The Morgan fingerprint density at radius 1 is 1.45 bits per heavy atom. The van der Waals surface area contributed by atoms with Gasteiger partial charge in [0.1, 0.15) is 5.01 Å². The van der Waals surface area contributed by atoms with Gasteiger partial charge < -0.3 is 16.4 Å². The Hall–Kier alpha value is -2.08. The molecule has 0 saturated heterocycles. The van der Waals surface area contributed by atoms with E-state index in [0.717, 1.165) is 28.4 Å². The first-order valence-electron chi connectivity index (χ1n) is 6.51. The van der Waals surface area contributed by atoms with E-state index in [4.69, 9.17) is 5.73 Å². The number of hydrogen-bond acceptors (Lipinski definition) is 5. The predicted molar refractivity (Wildman–Crippen MR) is 82.0 cm³/mol. The maximum atomic E-state index is 11.5. The highest BCUT2D eigenvalue weighted by atomic mass is 32.1. The molecule has 1 atom stereocenters. The van der Waals surface area contributed by atoms with Crippen LogP contribution in [0.25, 0.3) is 0 Å². The zero-order valence-corrected chi connectivity index (χ0v) is 12.0. The van der Waals surface area contributed by atoms with Crippen molar-refractivity contribution >= 4 is 34.3 Å². The summed E-state index contributed by atoms with van der Waals surface area (Å²) in [5.41, 5.74) is 9.56. The molecule has 1 aliphatic heterocycles. The normalized spacial score (nSPS) is 15.3. The maximum Gasteiger partial charge on any atom is 0.224 e. The second-order valence-electron chi connectivity index (χ2n) is 4.88. The molecule has 1 amide bonds. The molecule has 104 valence electrons. The highest BCUT2D eigenvalue weighted by Gasteiger charge is 2.18. The van der Waals surface area contributed by atoms with E-state index in [1.165, 1.54) is 0 Å². The summed E-state index contributed by atoms with van der Waals surface area (Å²) in [5, 5.41) is 9.19. The first kappa shape index (κ1) is 12.9. The predicted octanol–water partition coefficient (Wildman–Crippen LogP) is 2.78. The number of aryl methyl sites for hydroxylation is 1. The number of carbonyl (C=O) groups is 1. The van der Waals surface area contributed by atoms with Gasteiger partial charge in [0.05, 0.1) is 17.4 Å². The number of nitrogens with two attached hydrogens (primary N) is 1. The Labute approximate surface area is 121 Å². The standard InChI is InChI=1S/C14H16N4OS/c1-8(14-16-4-5-20-14)17-12-7-11-9(6-10(12)15)2-3-13(19)18-11/h4-8,17H,2-3,15H2,1H3,(H,18,19). The van der Waals surface area contributed by atoms with Gasteiger partial charge in [-0.05, 0) is 31.0 Å². The zero-order valence-electron chi connectivity index (χ0n) is 11.1. The van der Waals surface area contributed by atoms with Gasteiger partial charge >= 0.3 is 0 Å². The Balaban J connectivity index is 1.86. The molecule has 0 radical (unpaired) electrons. The molecule has 0 aliphatic carbocycles. The van der Waals surface area contributed by atoms with Crippen LogP contribution in [-0.2, 0) is 11.2 Å². The van der Waals surface area contributed by atoms with Crippen LogP contribution in [0.3, 0.4) is 0 Å². The van der Waals surface area contributed by atoms with E-state index in [9.17, 15) is 4.79 Å². The number of amides is 1. The largest absolute Gasteiger partial charge is 0.397 e. The summed E-state index contributed by atoms with van der Waals surface area (Å²) in [7, 11) is 0. The second-order valence-corrected chi connectivity index (χ2v) is 5.81. The van der Waals surface area contributed by atoms with Crippen molar-refractivity contribution in [2.45, 2.75) is 25.8 Å². The lowest BCUT2D eigenvalue weighted by Gasteiger charge is -2.21. The molecule has 0 fully saturated rings. The fourth-order valence-electron chi connectivity index (χ4n) is 2.32. The number of nitrogen functional groups attached to an aromatic ring is 1. The molecule has 3 rings (SSSR count). The van der Waals surface area contributed by atoms with Crippen LogP contribution in [0.5, 0.6) is 0 Å². The van der Waals surface area contributed by atoms with Gasteiger partial charge in [0.25, 0.3) is 0 Å². The summed E-state index contributed by atoms with van der Waals surface area (Å²) in [6, 6.07) is 3.92. The number of anilines is 3. The fourth-order valence-corrected chi connectivity index (χ4v) is 2.96. The van der Waals surface area contributed by atoms with Crippen molar-refractivity contribution in [2.75, 3.05) is 16.4 Å². The molecule has 6 heteroatoms. The van der Waals surface area contributed by atoms with Crippen LogP contribution in [-0.4, -0.2) is 10.9 Å². The maximum absolute atomic E-state index is 11.5. The summed E-state index contributed by atoms with van der Waals surface area (Å²) in [4.78, 5) is 15.7. The number of benzene rings is 1. The van der Waals surface area contributed by atoms with Gasteiger partial charge in [0.2, 0.25) is 5.91 Å². The Bertz CT molecular complexity index is 639. The van der Waals surface area contributed by atoms with Gasteiger partial charge in [-0.1, -0.05) is 0 Å². The third kappa shape index (κ3) is 2.46. The van der Waals surface area contributed by atoms with Gasteiger partial charge in [-0.25, -0.2) is 4.98 Å². The van der Waals surface area contributed by atoms with Crippen LogP contribution in [0, 0.1) is 0 Å². The lowest BCUT2D eigenvalue weighted by Crippen LogP contribution is -2.19. The highest BCUT2D eigenvalue weighted by molar-refractivity contribution is 7.09. The van der Waals surface area contributed by atoms with E-state index in [1.807, 2.05) is 24.4 Å². The van der Waals surface area contributed by atoms with Crippen molar-refractivity contribution in [1.82, 2.24) is 4.98 Å². The molecular formula is C14H16N4OS. The monoisotopic (exact) mass is 288 g/mol. The minimum absolute atomic E-state index is 0.0567. The summed E-state index contributed by atoms with van der Waals surface area (Å²) in [5.74, 6) is 0.0567. The lowest BCUT2D eigenvalue weighted by molar-refractivity contribution is -0.116. The molecule has 1 aliphatic rings. The van der Waals surface area contributed by atoms with Crippen LogP contribution in [0.2, 0.25) is 0 Å². The van der Waals surface area contributed by atoms with Gasteiger partial charge in [-0.3, -0.25) is 4.79 Å². The van der Waals surface area contributed by atoms with Gasteiger partial charge in [-0.2, -0.15) is 0 Å². The second kappa shape index (κ2) is 5.13. The lowest BCUT2D eigenvalue weighted by atomic mass is 10.0. The average molecular weight is 288 g/mol. The van der Waals surface area contributed by atoms with E-state index in [0.29, 0.717) is 12.1 Å². The van der Waals surface area contributed by atoms with Crippen molar-refractivity contribution in [3.63, 3.8) is 0 Å². The summed E-state index contributed by atoms with van der Waals surface area (Å²) >= 11 is 1.60. The molecule has 0 saturated carbocycles. The van der Waals surface area contributed by atoms with Gasteiger partial charge in [-0.15, -0.1) is 11.3 Å². The average Bonchev–Trinajstić information content (AvgIpc) is 2.94. The zero-order chi connectivity index (χ0) is 14.1. The van der Waals surface area contributed by atoms with Crippen LogP contribution in [0.4, 0.5) is 17.1 Å². The van der Waals surface area contributed by atoms with E-state index in [1.54, 1.807) is 17.5 Å². The van der Waals surface area contributed by atoms with Gasteiger partial charge in [0.15, 0.2) is 0 Å². The number of nitrogens with zero attached hydrogens (tertiary/aromatic N) is 1. The minimum atomic E-state index is 0.0567. The quantitative estimate of drug-likeness (QED) is 0.759. The summed E-state index contributed by atoms with van der Waals surface area (Å²) < 4.78 is 0. The topological polar surface area (TPSA) is 80.0 Å². The molecule has 5 nitrogen and oxygen atoms in total. The number of rotatable bonds is 3. The van der Waals surface area contributed by atoms with Crippen molar-refractivity contribution in [3.05, 3.63) is 34.3 Å². The molecular weight excluding hydrogens is 272 g/mol. The van der Waals surface area contributed by atoms with Crippen molar-refractivity contribution < 1.29 is 4.79 Å². The molecule has 2 heterocycles. The Morgan fingerprint density at radius 2 is 2.30 bits per heavy atom. The molecule has 1 aromatic heterocycles. The Kier molecular flexibility index (Phi) is 3.31. The minimum Gasteiger partial charge on any atom is -0.397 e. The number of hydrogen-bond donors (Lipinski definition) is 3. The number of carbonyl (C=O) groups excluding carboxylic acids is 1. The number of fused-ring (bicyclic) bond motifs is 1. The SMILES string of the molecule is CC(Nc1cc2c(cc1N)CCC(=O)N2)c1nccs1. The molecule has 0 spiro atoms. The van der Waals surface area contributed by atoms with Crippen LogP contribution >= 0.6 is 11.3 Å². The first-order valence-corrected chi connectivity index (χ1v) is 7.39. The number of thiazole rings is 1. The van der Waals surface area contributed by atoms with Gasteiger partial charge in [0, 0.05) is 23.7 Å². The molecule has 1 unspecified atom stereocenters. The summed E-state index contributed by atoms with van der Waals surface area (Å²) in [6.45, 7) is 2.04. The van der Waals surface area contributed by atoms with Crippen LogP contribution in [0.1, 0.15) is 30.0 Å². The third-order valence-electron chi connectivity index (χ3n) is 3.36. The number of nitrogens with one attached hydrogen (secondary N) is 2. The molecule has 20 heavy (non-hydrogen) atoms. The van der Waals surface area contributed by atoms with Crippen LogP contribution in [0.15, 0.2) is 23.7 Å². The number of aromatic nitrogens is 1. The van der Waals surface area contributed by atoms with Crippen molar-refractivity contribution in [3.8, 4) is 0 Å². The van der Waals surface area contributed by atoms with Crippen LogP contribution < -0.4 is 16.4 Å². The Morgan fingerprint density at radius 3 is 3.05 bits per heavy atom. The van der Waals surface area contributed by atoms with E-state index >= 15 is 0 Å². The summed E-state index contributed by atoms with van der Waals surface area (Å²) in [6.07, 6.45) is 3.05. The fraction of sp³-hybridized carbons (Fsp3) is 0.286.